The highest BCUT2D eigenvalue weighted by atomic mass is 79.9. The van der Waals surface area contributed by atoms with Gasteiger partial charge in [0.25, 0.3) is 11.9 Å². The molecule has 13 heteroatoms. The van der Waals surface area contributed by atoms with Gasteiger partial charge in [0, 0.05) is 22.6 Å². The number of rotatable bonds is 3. The van der Waals surface area contributed by atoms with Gasteiger partial charge < -0.3 is 9.47 Å². The number of hydrogen-bond donors (Lipinski definition) is 1. The second kappa shape index (κ2) is 7.85. The summed E-state index contributed by atoms with van der Waals surface area (Å²) in [7, 11) is 0. The van der Waals surface area contributed by atoms with Gasteiger partial charge in [-0.3, -0.25) is 24.7 Å². The number of halogens is 1. The van der Waals surface area contributed by atoms with Gasteiger partial charge in [0.05, 0.1) is 22.2 Å². The summed E-state index contributed by atoms with van der Waals surface area (Å²) in [5.41, 5.74) is 0.447. The summed E-state index contributed by atoms with van der Waals surface area (Å²) in [5, 5.41) is 16.8. The van der Waals surface area contributed by atoms with Gasteiger partial charge in [0.1, 0.15) is 5.56 Å². The molecule has 1 atom stereocenters. The Hall–Kier alpha value is -3.45. The number of ether oxygens (including phenoxy) is 2. The maximum absolute atomic E-state index is 13.1. The van der Waals surface area contributed by atoms with Gasteiger partial charge in [0.15, 0.2) is 11.5 Å². The van der Waals surface area contributed by atoms with Crippen molar-refractivity contribution in [2.75, 3.05) is 17.9 Å². The van der Waals surface area contributed by atoms with Crippen molar-refractivity contribution in [1.29, 1.82) is 0 Å². The lowest BCUT2D eigenvalue weighted by Crippen LogP contribution is -2.60. The molecule has 0 radical (unpaired) electrons. The SMILES string of the molecule is CSc1n[n+]2c(c(=O)[nH]1)-c1cc(Br)ccc1N(C(C)=O)[C@H]2c1cc2c(cc1[N+](=O)[O-])OCO2. The number of nitro benzene ring substituents is 1. The molecule has 33 heavy (non-hydrogen) atoms. The third-order valence-corrected chi connectivity index (χ3v) is 6.41. The van der Waals surface area contributed by atoms with Crippen LogP contribution in [-0.4, -0.2) is 34.0 Å². The predicted octanol–water partition coefficient (Wildman–Crippen LogP) is 2.76. The molecule has 0 unspecified atom stereocenters. The van der Waals surface area contributed by atoms with Gasteiger partial charge in [-0.25, -0.2) is 4.90 Å². The van der Waals surface area contributed by atoms with Crippen LogP contribution < -0.4 is 24.6 Å². The third-order valence-electron chi connectivity index (χ3n) is 5.34. The van der Waals surface area contributed by atoms with Crippen LogP contribution in [0.15, 0.2) is 44.8 Å². The maximum Gasteiger partial charge on any atom is 0.325 e. The number of benzene rings is 2. The number of nitro groups is 1. The molecule has 1 N–H and O–H groups in total. The Bertz CT molecular complexity index is 1410. The Balaban J connectivity index is 1.90. The lowest BCUT2D eigenvalue weighted by Gasteiger charge is -2.31. The number of nitrogens with zero attached hydrogens (tertiary/aromatic N) is 4. The van der Waals surface area contributed by atoms with E-state index >= 15 is 0 Å². The van der Waals surface area contributed by atoms with Crippen LogP contribution in [0.1, 0.15) is 18.7 Å². The number of aromatic amines is 1. The minimum absolute atomic E-state index is 0.0772. The smallest absolute Gasteiger partial charge is 0.325 e. The lowest BCUT2D eigenvalue weighted by molar-refractivity contribution is -0.763. The number of fused-ring (bicyclic) bond motifs is 4. The number of aromatic nitrogens is 3. The predicted molar refractivity (Wildman–Crippen MR) is 120 cm³/mol. The van der Waals surface area contributed by atoms with Crippen molar-refractivity contribution in [2.24, 2.45) is 0 Å². The maximum atomic E-state index is 13.1. The number of amides is 1. The van der Waals surface area contributed by atoms with Crippen molar-refractivity contribution in [3.8, 4) is 22.8 Å². The van der Waals surface area contributed by atoms with Crippen molar-refractivity contribution in [3.05, 3.63) is 60.8 Å². The molecule has 0 spiro atoms. The third kappa shape index (κ3) is 3.35. The summed E-state index contributed by atoms with van der Waals surface area (Å²) in [6.07, 6.45) is 0.619. The largest absolute Gasteiger partial charge is 0.454 e. The fraction of sp³-hybridized carbons (Fsp3) is 0.200. The van der Waals surface area contributed by atoms with Crippen molar-refractivity contribution >= 4 is 45.0 Å². The highest BCUT2D eigenvalue weighted by molar-refractivity contribution is 9.10. The normalized spacial score (nSPS) is 15.7. The van der Waals surface area contributed by atoms with Crippen molar-refractivity contribution in [2.45, 2.75) is 18.2 Å². The number of hydrogen-bond acceptors (Lipinski definition) is 8. The average molecular weight is 533 g/mol. The van der Waals surface area contributed by atoms with Crippen LogP contribution in [0.2, 0.25) is 0 Å². The van der Waals surface area contributed by atoms with Crippen molar-refractivity contribution < 1.29 is 23.9 Å². The van der Waals surface area contributed by atoms with E-state index in [-0.39, 0.29) is 35.4 Å². The Morgan fingerprint density at radius 1 is 1.33 bits per heavy atom. The van der Waals surface area contributed by atoms with Crippen LogP contribution in [0.5, 0.6) is 11.5 Å². The molecular weight excluding hydrogens is 518 g/mol. The Kier molecular flexibility index (Phi) is 5.09. The molecule has 2 aliphatic heterocycles. The van der Waals surface area contributed by atoms with Crippen LogP contribution >= 0.6 is 27.7 Å². The first kappa shape index (κ1) is 21.4. The van der Waals surface area contributed by atoms with E-state index in [0.717, 1.165) is 0 Å². The monoisotopic (exact) mass is 532 g/mol. The van der Waals surface area contributed by atoms with Crippen LogP contribution in [0.3, 0.4) is 0 Å². The molecule has 1 aromatic heterocycles. The Morgan fingerprint density at radius 2 is 2.06 bits per heavy atom. The Labute approximate surface area is 198 Å². The quantitative estimate of drug-likeness (QED) is 0.235. The van der Waals surface area contributed by atoms with Crippen LogP contribution in [-0.2, 0) is 4.79 Å². The van der Waals surface area contributed by atoms with E-state index in [0.29, 0.717) is 26.6 Å². The summed E-state index contributed by atoms with van der Waals surface area (Å²) in [6.45, 7) is 1.28. The number of anilines is 1. The molecule has 2 aromatic carbocycles. The van der Waals surface area contributed by atoms with Crippen LogP contribution in [0.25, 0.3) is 11.3 Å². The van der Waals surface area contributed by atoms with Crippen molar-refractivity contribution in [1.82, 2.24) is 10.1 Å². The molecule has 0 aliphatic carbocycles. The molecule has 3 heterocycles. The molecule has 0 bridgehead atoms. The molecule has 11 nitrogen and oxygen atoms in total. The number of H-pyrrole nitrogens is 1. The second-order valence-corrected chi connectivity index (χ2v) is 8.91. The van der Waals surface area contributed by atoms with Gasteiger partial charge in [0.2, 0.25) is 17.9 Å². The lowest BCUT2D eigenvalue weighted by atomic mass is 10.00. The molecule has 0 fully saturated rings. The van der Waals surface area contributed by atoms with Gasteiger partial charge in [-0.1, -0.05) is 27.7 Å². The molecule has 168 valence electrons. The van der Waals surface area contributed by atoms with E-state index in [2.05, 4.69) is 26.0 Å². The summed E-state index contributed by atoms with van der Waals surface area (Å²) < 4.78 is 12.8. The molecule has 1 amide bonds. The van der Waals surface area contributed by atoms with Crippen LogP contribution in [0, 0.1) is 10.1 Å². The topological polar surface area (TPSA) is 132 Å². The Morgan fingerprint density at radius 3 is 2.73 bits per heavy atom. The number of thioether (sulfide) groups is 1. The van der Waals surface area contributed by atoms with E-state index < -0.39 is 16.6 Å². The minimum atomic E-state index is -1.12. The highest BCUT2D eigenvalue weighted by Gasteiger charge is 2.48. The molecule has 3 aromatic rings. The summed E-state index contributed by atoms with van der Waals surface area (Å²) in [4.78, 5) is 41.7. The van der Waals surface area contributed by atoms with Crippen LogP contribution in [0.4, 0.5) is 11.4 Å². The number of carbonyl (C=O) groups excluding carboxylic acids is 1. The zero-order valence-electron chi connectivity index (χ0n) is 17.2. The average Bonchev–Trinajstić information content (AvgIpc) is 3.24. The minimum Gasteiger partial charge on any atom is -0.454 e. The molecular formula is C20H15BrN5O6S+. The first-order chi connectivity index (χ1) is 15.8. The fourth-order valence-corrected chi connectivity index (χ4v) is 4.75. The van der Waals surface area contributed by atoms with E-state index in [1.165, 1.54) is 40.4 Å². The van der Waals surface area contributed by atoms with Crippen molar-refractivity contribution in [3.63, 3.8) is 0 Å². The van der Waals surface area contributed by atoms with Gasteiger partial charge in [-0.2, -0.15) is 0 Å². The summed E-state index contributed by atoms with van der Waals surface area (Å²) >= 11 is 4.61. The van der Waals surface area contributed by atoms with Gasteiger partial charge in [-0.05, 0) is 29.1 Å². The summed E-state index contributed by atoms with van der Waals surface area (Å²) in [6, 6.07) is 7.84. The van der Waals surface area contributed by atoms with Gasteiger partial charge in [-0.15, -0.1) is 0 Å². The molecule has 0 saturated heterocycles. The zero-order chi connectivity index (χ0) is 23.4. The van der Waals surface area contributed by atoms with E-state index in [1.807, 2.05) is 0 Å². The van der Waals surface area contributed by atoms with E-state index in [1.54, 1.807) is 24.5 Å². The number of carbonyl (C=O) groups is 1. The first-order valence-electron chi connectivity index (χ1n) is 9.58. The second-order valence-electron chi connectivity index (χ2n) is 7.20. The molecule has 5 rings (SSSR count). The standard InChI is InChI=1S/C20H14BrN5O6S/c1-9(27)24-13-4-3-10(21)5-11(13)17-18(28)22-20(33-2)23-25(17)19(24)12-6-15-16(32-8-31-15)7-14(12)26(29)30/h3-7,19H,8H2,1-2H3/p+1/t19-/m1/s1. The van der Waals surface area contributed by atoms with E-state index in [9.17, 15) is 19.7 Å². The van der Waals surface area contributed by atoms with Gasteiger partial charge >= 0.3 is 11.3 Å². The molecule has 0 saturated carbocycles. The zero-order valence-corrected chi connectivity index (χ0v) is 19.6. The highest BCUT2D eigenvalue weighted by Crippen LogP contribution is 2.45. The number of nitrogens with one attached hydrogen (secondary N) is 1. The fourth-order valence-electron chi connectivity index (χ4n) is 4.02. The summed E-state index contributed by atoms with van der Waals surface area (Å²) in [5.74, 6) is 0.146. The molecule has 2 aliphatic rings. The first-order valence-corrected chi connectivity index (χ1v) is 11.6. The van der Waals surface area contributed by atoms with E-state index in [4.69, 9.17) is 9.47 Å².